The molecule has 8 heteroatoms. The van der Waals surface area contributed by atoms with Crippen molar-refractivity contribution in [2.24, 2.45) is 5.92 Å². The minimum absolute atomic E-state index is 0.0429. The first kappa shape index (κ1) is 26.1. The summed E-state index contributed by atoms with van der Waals surface area (Å²) in [4.78, 5) is 7.68. The second kappa shape index (κ2) is 11.1. The van der Waals surface area contributed by atoms with Crippen LogP contribution < -0.4 is 5.32 Å². The molecule has 5 nitrogen and oxygen atoms in total. The third-order valence-corrected chi connectivity index (χ3v) is 7.97. The average molecular weight is 515 g/mol. The topological polar surface area (TPSA) is 54.5 Å². The number of hydrogen-bond acceptors (Lipinski definition) is 4. The van der Waals surface area contributed by atoms with Crippen molar-refractivity contribution in [3.63, 3.8) is 0 Å². The number of alkyl halides is 1. The number of benzene rings is 2. The number of halogens is 3. The van der Waals surface area contributed by atoms with Gasteiger partial charge in [0.25, 0.3) is 0 Å². The highest BCUT2D eigenvalue weighted by molar-refractivity contribution is 5.85. The Morgan fingerprint density at radius 1 is 1.16 bits per heavy atom. The largest absolute Gasteiger partial charge is 0.396 e. The molecule has 0 aliphatic carbocycles. The summed E-state index contributed by atoms with van der Waals surface area (Å²) in [6.45, 7) is 6.11. The first-order valence-electron chi connectivity index (χ1n) is 13.4. The number of H-pyrrole nitrogens is 1. The van der Waals surface area contributed by atoms with Crippen molar-refractivity contribution in [2.45, 2.75) is 51.2 Å². The molecular weight excluding hydrogens is 477 g/mol. The van der Waals surface area contributed by atoms with Gasteiger partial charge in [0.2, 0.25) is 0 Å². The number of anilines is 1. The van der Waals surface area contributed by atoms with E-state index in [1.807, 2.05) is 36.1 Å². The van der Waals surface area contributed by atoms with Crippen molar-refractivity contribution < 1.29 is 18.3 Å². The Morgan fingerprint density at radius 3 is 2.57 bits per heavy atom. The number of rotatable bonds is 10. The molecule has 37 heavy (non-hydrogen) atoms. The molecule has 2 aliphatic heterocycles. The van der Waals surface area contributed by atoms with Crippen molar-refractivity contribution in [3.8, 4) is 0 Å². The fourth-order valence-electron chi connectivity index (χ4n) is 5.95. The maximum atomic E-state index is 15.8. The Bertz CT molecular complexity index is 1200. The van der Waals surface area contributed by atoms with E-state index in [1.54, 1.807) is 0 Å². The number of unbranched alkanes of at least 4 members (excludes halogenated alkanes) is 1. The van der Waals surface area contributed by atoms with Crippen LogP contribution in [0.25, 0.3) is 10.9 Å². The molecule has 3 heterocycles. The van der Waals surface area contributed by atoms with E-state index >= 15 is 8.78 Å². The van der Waals surface area contributed by atoms with Gasteiger partial charge in [0.05, 0.1) is 18.8 Å². The Balaban J connectivity index is 1.49. The van der Waals surface area contributed by atoms with E-state index in [9.17, 15) is 9.50 Å². The fourth-order valence-corrected chi connectivity index (χ4v) is 5.95. The number of aromatic amines is 1. The van der Waals surface area contributed by atoms with E-state index in [0.29, 0.717) is 12.1 Å². The molecule has 0 bridgehead atoms. The van der Waals surface area contributed by atoms with Gasteiger partial charge in [0.15, 0.2) is 0 Å². The molecule has 5 rings (SSSR count). The third kappa shape index (κ3) is 5.11. The zero-order chi connectivity index (χ0) is 26.1. The monoisotopic (exact) mass is 514 g/mol. The zero-order valence-electron chi connectivity index (χ0n) is 21.6. The molecule has 1 aromatic heterocycles. The molecule has 3 N–H and O–H groups in total. The van der Waals surface area contributed by atoms with Crippen LogP contribution in [0.4, 0.5) is 18.9 Å². The summed E-state index contributed by atoms with van der Waals surface area (Å²) in [5.41, 5.74) is 3.07. The van der Waals surface area contributed by atoms with Crippen LogP contribution in [-0.4, -0.2) is 71.4 Å². The molecule has 0 saturated carbocycles. The highest BCUT2D eigenvalue weighted by atomic mass is 19.1. The van der Waals surface area contributed by atoms with Gasteiger partial charge in [-0.1, -0.05) is 31.5 Å². The van der Waals surface area contributed by atoms with Crippen LogP contribution in [0.15, 0.2) is 36.4 Å². The first-order chi connectivity index (χ1) is 17.9. The normalized spacial score (nSPS) is 21.7. The summed E-state index contributed by atoms with van der Waals surface area (Å²) in [6, 6.07) is 9.94. The number of aromatic nitrogens is 1. The van der Waals surface area contributed by atoms with Crippen LogP contribution in [0.3, 0.4) is 0 Å². The summed E-state index contributed by atoms with van der Waals surface area (Å²) in [6.07, 6.45) is 2.96. The molecule has 1 fully saturated rings. The summed E-state index contributed by atoms with van der Waals surface area (Å²) in [7, 11) is 0. The average Bonchev–Trinajstić information content (AvgIpc) is 3.22. The summed E-state index contributed by atoms with van der Waals surface area (Å²) >= 11 is 0. The lowest BCUT2D eigenvalue weighted by molar-refractivity contribution is 0.0845. The van der Waals surface area contributed by atoms with Crippen LogP contribution in [0, 0.1) is 17.6 Å². The Labute approximate surface area is 216 Å². The minimum Gasteiger partial charge on any atom is -0.396 e. The van der Waals surface area contributed by atoms with Gasteiger partial charge in [-0.05, 0) is 50.1 Å². The van der Waals surface area contributed by atoms with Crippen molar-refractivity contribution in [1.82, 2.24) is 14.8 Å². The van der Waals surface area contributed by atoms with Gasteiger partial charge in [0, 0.05) is 66.0 Å². The van der Waals surface area contributed by atoms with Crippen LogP contribution >= 0.6 is 0 Å². The molecular formula is C29H37F3N4O. The predicted octanol–water partition coefficient (Wildman–Crippen LogP) is 5.26. The fraction of sp³-hybridized carbons (Fsp3) is 0.517. The lowest BCUT2D eigenvalue weighted by Gasteiger charge is -2.42. The summed E-state index contributed by atoms with van der Waals surface area (Å²) in [5.74, 6) is -1.88. The molecule has 0 radical (unpaired) electrons. The van der Waals surface area contributed by atoms with E-state index in [1.165, 1.54) is 12.1 Å². The summed E-state index contributed by atoms with van der Waals surface area (Å²) < 4.78 is 45.3. The lowest BCUT2D eigenvalue weighted by atomic mass is 9.87. The molecule has 200 valence electrons. The number of fused-ring (bicyclic) bond motifs is 3. The number of likely N-dealkylation sites (tertiary alicyclic amines) is 1. The van der Waals surface area contributed by atoms with E-state index in [0.717, 1.165) is 54.6 Å². The third-order valence-electron chi connectivity index (χ3n) is 7.97. The Kier molecular flexibility index (Phi) is 7.79. The standard InChI is InChI=1S/C29H37F3N4O/c1-3-4-9-35-15-21(16-35)33-20-11-24(31)27(25(32)12-20)29-28-23(22-7-5-6-8-26(22)34-28)10-18(2)36(29)14-19(13-30)17-37/h5-8,11-12,18-19,21,29,33-34,37H,3-4,9-10,13-17H2,1-2H3/t18-,19-,29-/m1/s1. The number of nitrogens with zero attached hydrogens (tertiary/aromatic N) is 2. The minimum atomic E-state index is -0.756. The zero-order valence-corrected chi connectivity index (χ0v) is 21.6. The number of nitrogens with one attached hydrogen (secondary N) is 2. The van der Waals surface area contributed by atoms with Gasteiger partial charge in [-0.3, -0.25) is 14.2 Å². The van der Waals surface area contributed by atoms with Gasteiger partial charge in [-0.15, -0.1) is 0 Å². The number of aliphatic hydroxyl groups excluding tert-OH is 1. The van der Waals surface area contributed by atoms with E-state index < -0.39 is 30.3 Å². The number of hydrogen-bond donors (Lipinski definition) is 3. The number of aliphatic hydroxyl groups is 1. The highest BCUT2D eigenvalue weighted by Gasteiger charge is 2.39. The van der Waals surface area contributed by atoms with Crippen LogP contribution in [0.2, 0.25) is 0 Å². The van der Waals surface area contributed by atoms with Crippen LogP contribution in [-0.2, 0) is 6.42 Å². The van der Waals surface area contributed by atoms with Gasteiger partial charge >= 0.3 is 0 Å². The maximum Gasteiger partial charge on any atom is 0.133 e. The smallest absolute Gasteiger partial charge is 0.133 e. The van der Waals surface area contributed by atoms with E-state index in [4.69, 9.17) is 0 Å². The van der Waals surface area contributed by atoms with Gasteiger partial charge < -0.3 is 15.4 Å². The van der Waals surface area contributed by atoms with E-state index in [2.05, 4.69) is 22.1 Å². The predicted molar refractivity (Wildman–Crippen MR) is 142 cm³/mol. The molecule has 0 unspecified atom stereocenters. The molecule has 3 aromatic rings. The molecule has 0 spiro atoms. The first-order valence-corrected chi connectivity index (χ1v) is 13.4. The second-order valence-corrected chi connectivity index (χ2v) is 10.7. The SMILES string of the molecule is CCCCN1CC(Nc2cc(F)c([C@@H]3c4[nH]c5ccccc5c4C[C@@H](C)N3C[C@H](CO)CF)c(F)c2)C1. The maximum absolute atomic E-state index is 15.8. The molecule has 2 aliphatic rings. The molecule has 1 saturated heterocycles. The van der Waals surface area contributed by atoms with Gasteiger partial charge in [-0.25, -0.2) is 8.78 Å². The van der Waals surface area contributed by atoms with Crippen LogP contribution in [0.5, 0.6) is 0 Å². The van der Waals surface area contributed by atoms with Gasteiger partial charge in [-0.2, -0.15) is 0 Å². The molecule has 3 atom stereocenters. The van der Waals surface area contributed by atoms with Crippen molar-refractivity contribution >= 4 is 16.6 Å². The number of para-hydroxylation sites is 1. The Morgan fingerprint density at radius 2 is 1.89 bits per heavy atom. The van der Waals surface area contributed by atoms with Gasteiger partial charge in [0.1, 0.15) is 11.6 Å². The Hall–Kier alpha value is -2.55. The molecule has 0 amide bonds. The highest BCUT2D eigenvalue weighted by Crippen LogP contribution is 2.43. The van der Waals surface area contributed by atoms with E-state index in [-0.39, 0.29) is 30.8 Å². The summed E-state index contributed by atoms with van der Waals surface area (Å²) in [5, 5.41) is 14.0. The van der Waals surface area contributed by atoms with Crippen molar-refractivity contribution in [2.75, 3.05) is 44.8 Å². The van der Waals surface area contributed by atoms with Crippen LogP contribution in [0.1, 0.15) is 49.6 Å². The van der Waals surface area contributed by atoms with Crippen molar-refractivity contribution in [3.05, 3.63) is 64.9 Å². The lowest BCUT2D eigenvalue weighted by Crippen LogP contribution is -2.54. The van der Waals surface area contributed by atoms with Crippen molar-refractivity contribution in [1.29, 1.82) is 0 Å². The quantitative estimate of drug-likeness (QED) is 0.346. The second-order valence-electron chi connectivity index (χ2n) is 10.7. The molecule has 2 aromatic carbocycles.